The Morgan fingerprint density at radius 2 is 1.93 bits per heavy atom. The SMILES string of the molecule is CNCC1CCN(C(=O)c2sc(COc3ccc(Cl)cc3)nc2C)CC1.Cl.Cl. The number of nitrogens with one attached hydrogen (secondary N) is 1. The second kappa shape index (κ2) is 11.8. The van der Waals surface area contributed by atoms with Gasteiger partial charge in [-0.15, -0.1) is 36.2 Å². The number of hydrogen-bond donors (Lipinski definition) is 1. The van der Waals surface area contributed by atoms with E-state index in [1.54, 1.807) is 12.1 Å². The fraction of sp³-hybridized carbons (Fsp3) is 0.474. The first-order chi connectivity index (χ1) is 12.6. The first kappa shape index (κ1) is 25.0. The molecule has 5 nitrogen and oxygen atoms in total. The Morgan fingerprint density at radius 1 is 1.29 bits per heavy atom. The van der Waals surface area contributed by atoms with Crippen molar-refractivity contribution < 1.29 is 9.53 Å². The predicted molar refractivity (Wildman–Crippen MR) is 120 cm³/mol. The Labute approximate surface area is 187 Å². The van der Waals surface area contributed by atoms with E-state index in [0.717, 1.165) is 53.8 Å². The van der Waals surface area contributed by atoms with Gasteiger partial charge >= 0.3 is 0 Å². The molecular weight excluding hydrogens is 441 g/mol. The van der Waals surface area contributed by atoms with Crippen molar-refractivity contribution >= 4 is 53.7 Å². The molecule has 1 N–H and O–H groups in total. The summed E-state index contributed by atoms with van der Waals surface area (Å²) in [4.78, 5) is 20.0. The van der Waals surface area contributed by atoms with Crippen molar-refractivity contribution in [2.24, 2.45) is 5.92 Å². The number of ether oxygens (including phenoxy) is 1. The summed E-state index contributed by atoms with van der Waals surface area (Å²) >= 11 is 7.31. The monoisotopic (exact) mass is 465 g/mol. The summed E-state index contributed by atoms with van der Waals surface area (Å²) in [5, 5.41) is 4.71. The summed E-state index contributed by atoms with van der Waals surface area (Å²) < 4.78 is 5.74. The van der Waals surface area contributed by atoms with Gasteiger partial charge < -0.3 is 15.0 Å². The zero-order valence-electron chi connectivity index (χ0n) is 15.9. The second-order valence-electron chi connectivity index (χ2n) is 6.56. The molecule has 1 amide bonds. The molecule has 0 atom stereocenters. The number of likely N-dealkylation sites (tertiary alicyclic amines) is 1. The van der Waals surface area contributed by atoms with Gasteiger partial charge in [0, 0.05) is 18.1 Å². The van der Waals surface area contributed by atoms with E-state index in [-0.39, 0.29) is 30.7 Å². The van der Waals surface area contributed by atoms with Gasteiger partial charge in [-0.1, -0.05) is 11.6 Å². The molecule has 0 radical (unpaired) electrons. The smallest absolute Gasteiger partial charge is 0.265 e. The van der Waals surface area contributed by atoms with Crippen LogP contribution >= 0.6 is 47.8 Å². The molecule has 1 saturated heterocycles. The highest BCUT2D eigenvalue weighted by atomic mass is 35.5. The van der Waals surface area contributed by atoms with E-state index in [4.69, 9.17) is 16.3 Å². The van der Waals surface area contributed by atoms with Crippen molar-refractivity contribution in [2.75, 3.05) is 26.7 Å². The molecule has 156 valence electrons. The minimum absolute atomic E-state index is 0. The van der Waals surface area contributed by atoms with Crippen molar-refractivity contribution in [3.63, 3.8) is 0 Å². The molecule has 1 aliphatic heterocycles. The Balaban J connectivity index is 0.00000196. The van der Waals surface area contributed by atoms with Crippen molar-refractivity contribution in [2.45, 2.75) is 26.4 Å². The van der Waals surface area contributed by atoms with Gasteiger partial charge in [0.2, 0.25) is 0 Å². The van der Waals surface area contributed by atoms with Crippen LogP contribution in [0.4, 0.5) is 0 Å². The number of aryl methyl sites for hydroxylation is 1. The number of rotatable bonds is 6. The summed E-state index contributed by atoms with van der Waals surface area (Å²) in [6, 6.07) is 7.22. The number of halogens is 3. The third-order valence-electron chi connectivity index (χ3n) is 4.61. The third-order valence-corrected chi connectivity index (χ3v) is 5.98. The summed E-state index contributed by atoms with van der Waals surface area (Å²) in [6.07, 6.45) is 2.11. The van der Waals surface area contributed by atoms with E-state index in [1.807, 2.05) is 31.0 Å². The van der Waals surface area contributed by atoms with Crippen LogP contribution in [0.2, 0.25) is 5.02 Å². The Kier molecular flexibility index (Phi) is 10.6. The minimum Gasteiger partial charge on any atom is -0.486 e. The Morgan fingerprint density at radius 3 is 2.54 bits per heavy atom. The number of piperidine rings is 1. The molecule has 0 aliphatic carbocycles. The van der Waals surface area contributed by atoms with Crippen LogP contribution in [-0.4, -0.2) is 42.5 Å². The fourth-order valence-corrected chi connectivity index (χ4v) is 4.23. The van der Waals surface area contributed by atoms with Crippen LogP contribution in [-0.2, 0) is 6.61 Å². The van der Waals surface area contributed by atoms with Gasteiger partial charge in [-0.2, -0.15) is 0 Å². The van der Waals surface area contributed by atoms with Crippen LogP contribution in [0, 0.1) is 12.8 Å². The second-order valence-corrected chi connectivity index (χ2v) is 8.08. The van der Waals surface area contributed by atoms with Gasteiger partial charge in [0.25, 0.3) is 5.91 Å². The van der Waals surface area contributed by atoms with Gasteiger partial charge in [-0.05, 0) is 63.5 Å². The van der Waals surface area contributed by atoms with Crippen LogP contribution in [0.5, 0.6) is 5.75 Å². The lowest BCUT2D eigenvalue weighted by Gasteiger charge is -2.31. The van der Waals surface area contributed by atoms with Gasteiger partial charge in [-0.3, -0.25) is 4.79 Å². The highest BCUT2D eigenvalue weighted by Gasteiger charge is 2.26. The quantitative estimate of drug-likeness (QED) is 0.676. The van der Waals surface area contributed by atoms with E-state index < -0.39 is 0 Å². The molecule has 2 aromatic rings. The molecule has 0 spiro atoms. The number of hydrogen-bond acceptors (Lipinski definition) is 5. The van der Waals surface area contributed by atoms with Gasteiger partial charge in [0.1, 0.15) is 22.2 Å². The normalized spacial score (nSPS) is 14.2. The number of aromatic nitrogens is 1. The lowest BCUT2D eigenvalue weighted by atomic mass is 9.97. The molecule has 1 aliphatic rings. The average Bonchev–Trinajstić information content (AvgIpc) is 3.02. The van der Waals surface area contributed by atoms with Crippen molar-refractivity contribution in [3.05, 3.63) is 44.9 Å². The number of carbonyl (C=O) groups is 1. The molecule has 2 heterocycles. The Hall–Kier alpha value is -1.05. The highest BCUT2D eigenvalue weighted by molar-refractivity contribution is 7.13. The zero-order valence-corrected chi connectivity index (χ0v) is 19.1. The summed E-state index contributed by atoms with van der Waals surface area (Å²) in [6.45, 7) is 4.90. The van der Waals surface area contributed by atoms with Crippen LogP contribution in [0.3, 0.4) is 0 Å². The molecule has 1 aromatic heterocycles. The molecule has 3 rings (SSSR count). The first-order valence-electron chi connectivity index (χ1n) is 8.85. The van der Waals surface area contributed by atoms with Gasteiger partial charge in [-0.25, -0.2) is 4.98 Å². The fourth-order valence-electron chi connectivity index (χ4n) is 3.16. The topological polar surface area (TPSA) is 54.5 Å². The summed E-state index contributed by atoms with van der Waals surface area (Å²) in [5.41, 5.74) is 0.784. The van der Waals surface area contributed by atoms with Crippen molar-refractivity contribution in [3.8, 4) is 5.75 Å². The lowest BCUT2D eigenvalue weighted by Crippen LogP contribution is -2.40. The standard InChI is InChI=1S/C19H24ClN3O2S.2ClH/c1-13-18(19(24)23-9-7-14(8-10-23)11-21-2)26-17(22-13)12-25-16-5-3-15(20)4-6-16;;/h3-6,14,21H,7-12H2,1-2H3;2*1H. The Bertz CT molecular complexity index is 747. The zero-order chi connectivity index (χ0) is 18.5. The van der Waals surface area contributed by atoms with E-state index in [2.05, 4.69) is 10.3 Å². The molecular formula is C19H26Cl3N3O2S. The van der Waals surface area contributed by atoms with E-state index >= 15 is 0 Å². The maximum absolute atomic E-state index is 12.8. The number of carbonyl (C=O) groups excluding carboxylic acids is 1. The number of amides is 1. The highest BCUT2D eigenvalue weighted by Crippen LogP contribution is 2.25. The molecule has 28 heavy (non-hydrogen) atoms. The molecule has 1 aromatic carbocycles. The first-order valence-corrected chi connectivity index (χ1v) is 10.0. The molecule has 0 unspecified atom stereocenters. The maximum Gasteiger partial charge on any atom is 0.265 e. The summed E-state index contributed by atoms with van der Waals surface area (Å²) in [7, 11) is 1.98. The van der Waals surface area contributed by atoms with E-state index in [9.17, 15) is 4.79 Å². The number of nitrogens with zero attached hydrogens (tertiary/aromatic N) is 2. The predicted octanol–water partition coefficient (Wildman–Crippen LogP) is 4.60. The van der Waals surface area contributed by atoms with E-state index in [1.165, 1.54) is 11.3 Å². The number of thiazole rings is 1. The maximum atomic E-state index is 12.8. The van der Waals surface area contributed by atoms with Crippen LogP contribution in [0.25, 0.3) is 0 Å². The van der Waals surface area contributed by atoms with Gasteiger partial charge in [0.05, 0.1) is 5.69 Å². The lowest BCUT2D eigenvalue weighted by molar-refractivity contribution is 0.0695. The summed E-state index contributed by atoms with van der Waals surface area (Å²) in [5.74, 6) is 1.50. The van der Waals surface area contributed by atoms with Crippen LogP contribution in [0.15, 0.2) is 24.3 Å². The van der Waals surface area contributed by atoms with E-state index in [0.29, 0.717) is 17.5 Å². The molecule has 0 bridgehead atoms. The van der Waals surface area contributed by atoms with Crippen LogP contribution in [0.1, 0.15) is 33.2 Å². The largest absolute Gasteiger partial charge is 0.486 e. The van der Waals surface area contributed by atoms with Crippen molar-refractivity contribution in [1.82, 2.24) is 15.2 Å². The molecule has 9 heteroatoms. The minimum atomic E-state index is 0. The molecule has 0 saturated carbocycles. The van der Waals surface area contributed by atoms with Crippen molar-refractivity contribution in [1.29, 1.82) is 0 Å². The third kappa shape index (κ3) is 6.49. The number of benzene rings is 1. The van der Waals surface area contributed by atoms with Gasteiger partial charge in [0.15, 0.2) is 0 Å². The molecule has 1 fully saturated rings. The van der Waals surface area contributed by atoms with Crippen LogP contribution < -0.4 is 10.1 Å². The average molecular weight is 467 g/mol.